The molecule has 0 radical (unpaired) electrons. The molecular weight excluding hydrogens is 572 g/mol. The number of ether oxygens (including phenoxy) is 2. The van der Waals surface area contributed by atoms with E-state index in [1.165, 1.54) is 13.2 Å². The van der Waals surface area contributed by atoms with Crippen LogP contribution in [0.2, 0.25) is 5.02 Å². The third kappa shape index (κ3) is 6.61. The van der Waals surface area contributed by atoms with E-state index in [1.54, 1.807) is 30.3 Å². The van der Waals surface area contributed by atoms with Gasteiger partial charge in [-0.05, 0) is 66.1 Å². The number of nitrogens with one attached hydrogen (secondary N) is 1. The lowest BCUT2D eigenvalue weighted by molar-refractivity contribution is -0.112. The van der Waals surface area contributed by atoms with Gasteiger partial charge < -0.3 is 14.8 Å². The average molecular weight is 591 g/mol. The molecule has 0 heterocycles. The molecular formula is C25H19Br2ClN2O3. The number of carbonyl (C=O) groups excluding carboxylic acids is 1. The third-order valence-corrected chi connectivity index (χ3v) is 6.15. The number of aryl methyl sites for hydroxylation is 1. The zero-order valence-corrected chi connectivity index (χ0v) is 21.7. The molecule has 1 N–H and O–H groups in total. The Hall–Kier alpha value is -2.79. The van der Waals surface area contributed by atoms with Crippen LogP contribution in [0.25, 0.3) is 6.08 Å². The second-order valence-corrected chi connectivity index (χ2v) is 9.23. The lowest BCUT2D eigenvalue weighted by atomic mass is 10.1. The van der Waals surface area contributed by atoms with E-state index >= 15 is 0 Å². The number of anilines is 1. The first-order valence-electron chi connectivity index (χ1n) is 9.74. The van der Waals surface area contributed by atoms with E-state index in [4.69, 9.17) is 21.1 Å². The summed E-state index contributed by atoms with van der Waals surface area (Å²) < 4.78 is 13.0. The first-order chi connectivity index (χ1) is 15.8. The minimum absolute atomic E-state index is 0.0688. The van der Waals surface area contributed by atoms with E-state index in [0.29, 0.717) is 38.9 Å². The summed E-state index contributed by atoms with van der Waals surface area (Å²) in [5, 5.41) is 12.8. The molecule has 5 nitrogen and oxygen atoms in total. The van der Waals surface area contributed by atoms with Crippen molar-refractivity contribution in [3.8, 4) is 17.6 Å². The molecule has 1 amide bonds. The number of hydrogen-bond donors (Lipinski definition) is 1. The van der Waals surface area contributed by atoms with E-state index in [-0.39, 0.29) is 5.57 Å². The molecule has 3 aromatic carbocycles. The Labute approximate surface area is 214 Å². The topological polar surface area (TPSA) is 71.3 Å². The minimum Gasteiger partial charge on any atom is -0.493 e. The van der Waals surface area contributed by atoms with Crippen LogP contribution in [-0.4, -0.2) is 13.0 Å². The molecule has 0 fully saturated rings. The van der Waals surface area contributed by atoms with Gasteiger partial charge in [0.25, 0.3) is 5.91 Å². The zero-order chi connectivity index (χ0) is 24.0. The third-order valence-electron chi connectivity index (χ3n) is 4.70. The second-order valence-electron chi connectivity index (χ2n) is 7.02. The van der Waals surface area contributed by atoms with Gasteiger partial charge in [-0.15, -0.1) is 0 Å². The molecule has 0 bridgehead atoms. The summed E-state index contributed by atoms with van der Waals surface area (Å²) in [6.07, 6.45) is 1.49. The van der Waals surface area contributed by atoms with Crippen LogP contribution in [0.3, 0.4) is 0 Å². The van der Waals surface area contributed by atoms with Gasteiger partial charge in [-0.25, -0.2) is 0 Å². The van der Waals surface area contributed by atoms with Crippen LogP contribution in [0.4, 0.5) is 5.69 Å². The lowest BCUT2D eigenvalue weighted by Gasteiger charge is -2.13. The molecule has 0 atom stereocenters. The summed E-state index contributed by atoms with van der Waals surface area (Å²) >= 11 is 12.9. The number of nitriles is 1. The molecule has 0 aliphatic carbocycles. The van der Waals surface area contributed by atoms with E-state index in [1.807, 2.05) is 37.3 Å². The Balaban J connectivity index is 1.83. The van der Waals surface area contributed by atoms with Crippen LogP contribution in [0.1, 0.15) is 16.7 Å². The lowest BCUT2D eigenvalue weighted by Crippen LogP contribution is -2.14. The number of carbonyl (C=O) groups is 1. The van der Waals surface area contributed by atoms with Gasteiger partial charge in [-0.2, -0.15) is 5.26 Å². The van der Waals surface area contributed by atoms with Gasteiger partial charge in [-0.1, -0.05) is 61.7 Å². The molecule has 3 aromatic rings. The molecule has 0 spiro atoms. The van der Waals surface area contributed by atoms with Crippen LogP contribution in [0.15, 0.2) is 69.1 Å². The Morgan fingerprint density at radius 2 is 1.85 bits per heavy atom. The number of methoxy groups -OCH3 is 1. The number of rotatable bonds is 7. The summed E-state index contributed by atoms with van der Waals surface area (Å²) in [4.78, 5) is 12.7. The highest BCUT2D eigenvalue weighted by molar-refractivity contribution is 9.10. The summed E-state index contributed by atoms with van der Waals surface area (Å²) in [6, 6.07) is 18.4. The Morgan fingerprint density at radius 3 is 2.52 bits per heavy atom. The van der Waals surface area contributed by atoms with E-state index in [2.05, 4.69) is 37.2 Å². The van der Waals surface area contributed by atoms with Crippen molar-refractivity contribution in [2.75, 3.05) is 12.4 Å². The first kappa shape index (κ1) is 24.8. The summed E-state index contributed by atoms with van der Waals surface area (Å²) in [6.45, 7) is 2.20. The number of halogens is 3. The molecule has 0 unspecified atom stereocenters. The van der Waals surface area contributed by atoms with Crippen molar-refractivity contribution in [1.82, 2.24) is 0 Å². The molecule has 0 aromatic heterocycles. The maximum absolute atomic E-state index is 12.7. The fraction of sp³-hybridized carbons (Fsp3) is 0.120. The van der Waals surface area contributed by atoms with Crippen LogP contribution in [0.5, 0.6) is 11.5 Å². The highest BCUT2D eigenvalue weighted by atomic mass is 79.9. The van der Waals surface area contributed by atoms with Gasteiger partial charge >= 0.3 is 0 Å². The Morgan fingerprint density at radius 1 is 1.12 bits per heavy atom. The average Bonchev–Trinajstić information content (AvgIpc) is 2.80. The molecule has 168 valence electrons. The molecule has 33 heavy (non-hydrogen) atoms. The van der Waals surface area contributed by atoms with Crippen molar-refractivity contribution in [1.29, 1.82) is 5.26 Å². The largest absolute Gasteiger partial charge is 0.493 e. The normalized spacial score (nSPS) is 11.0. The molecule has 0 aliphatic rings. The predicted molar refractivity (Wildman–Crippen MR) is 138 cm³/mol. The summed E-state index contributed by atoms with van der Waals surface area (Å²) in [5.74, 6) is 0.469. The van der Waals surface area contributed by atoms with Crippen molar-refractivity contribution in [3.63, 3.8) is 0 Å². The van der Waals surface area contributed by atoms with Crippen molar-refractivity contribution in [2.45, 2.75) is 13.5 Å². The van der Waals surface area contributed by atoms with Crippen molar-refractivity contribution >= 4 is 61.1 Å². The highest BCUT2D eigenvalue weighted by Crippen LogP contribution is 2.35. The zero-order valence-electron chi connectivity index (χ0n) is 17.8. The monoisotopic (exact) mass is 588 g/mol. The number of amides is 1. The van der Waals surface area contributed by atoms with Gasteiger partial charge in [0.2, 0.25) is 0 Å². The number of benzene rings is 3. The predicted octanol–water partition coefficient (Wildman–Crippen LogP) is 7.31. The van der Waals surface area contributed by atoms with Gasteiger partial charge in [0.1, 0.15) is 18.2 Å². The Kier molecular flexibility index (Phi) is 8.56. The maximum atomic E-state index is 12.7. The van der Waals surface area contributed by atoms with Crippen LogP contribution < -0.4 is 14.8 Å². The van der Waals surface area contributed by atoms with Crippen molar-refractivity contribution in [2.24, 2.45) is 0 Å². The fourth-order valence-corrected chi connectivity index (χ4v) is 3.77. The molecule has 0 aliphatic heterocycles. The Bertz CT molecular complexity index is 1250. The smallest absolute Gasteiger partial charge is 0.266 e. The fourth-order valence-electron chi connectivity index (χ4n) is 2.90. The summed E-state index contributed by atoms with van der Waals surface area (Å²) in [7, 11) is 1.53. The maximum Gasteiger partial charge on any atom is 0.266 e. The highest BCUT2D eigenvalue weighted by Gasteiger charge is 2.15. The van der Waals surface area contributed by atoms with Crippen LogP contribution in [0, 0.1) is 18.3 Å². The van der Waals surface area contributed by atoms with Gasteiger partial charge in [0.15, 0.2) is 11.5 Å². The molecule has 8 heteroatoms. The van der Waals surface area contributed by atoms with E-state index in [0.717, 1.165) is 15.6 Å². The SMILES string of the molecule is COc1cc(/C=C(\C#N)C(=O)Nc2cc(Cl)ccc2C)c(Br)cc1OCc1ccc(Br)cc1. The van der Waals surface area contributed by atoms with Crippen LogP contribution >= 0.6 is 43.5 Å². The van der Waals surface area contributed by atoms with E-state index < -0.39 is 5.91 Å². The van der Waals surface area contributed by atoms with Crippen molar-refractivity contribution < 1.29 is 14.3 Å². The number of hydrogen-bond acceptors (Lipinski definition) is 4. The minimum atomic E-state index is -0.538. The van der Waals surface area contributed by atoms with Gasteiger partial charge in [-0.3, -0.25) is 4.79 Å². The first-order valence-corrected chi connectivity index (χ1v) is 11.7. The molecule has 3 rings (SSSR count). The standard InChI is InChI=1S/C25H19Br2ClN2O3/c1-15-3-8-20(28)11-22(15)30-25(31)18(13-29)9-17-10-23(32-2)24(12-21(17)27)33-14-16-4-6-19(26)7-5-16/h3-12H,14H2,1-2H3,(H,30,31)/b18-9+. The quantitative estimate of drug-likeness (QED) is 0.231. The van der Waals surface area contributed by atoms with E-state index in [9.17, 15) is 10.1 Å². The molecule has 0 saturated carbocycles. The second kappa shape index (κ2) is 11.4. The van der Waals surface area contributed by atoms with Crippen LogP contribution in [-0.2, 0) is 11.4 Å². The molecule has 0 saturated heterocycles. The number of nitrogens with zero attached hydrogens (tertiary/aromatic N) is 1. The van der Waals surface area contributed by atoms with Crippen molar-refractivity contribution in [3.05, 3.63) is 90.8 Å². The van der Waals surface area contributed by atoms with Gasteiger partial charge in [0, 0.05) is 19.7 Å². The van der Waals surface area contributed by atoms with Gasteiger partial charge in [0.05, 0.1) is 7.11 Å². The summed E-state index contributed by atoms with van der Waals surface area (Å²) in [5.41, 5.74) is 2.90.